The minimum Gasteiger partial charge on any atom is -0.355 e. The predicted molar refractivity (Wildman–Crippen MR) is 79.7 cm³/mol. The number of nitrogens with one attached hydrogen (secondary N) is 1. The molecule has 0 saturated carbocycles. The molecule has 1 aromatic heterocycles. The van der Waals surface area contributed by atoms with Crippen LogP contribution < -0.4 is 10.00 Å². The van der Waals surface area contributed by atoms with Crippen LogP contribution in [0.2, 0.25) is 0 Å². The maximum atomic E-state index is 11.9. The van der Waals surface area contributed by atoms with E-state index < -0.39 is 15.9 Å². The Morgan fingerprint density at radius 1 is 1.32 bits per heavy atom. The molecule has 2 aromatic rings. The standard InChI is InChI=1S/C14H15N3O4S/c1-15-14(18)12-9-16-17(7-8-22(19,20)21)10-13(12)11-5-3-2-4-6-11/h2-6,9-10H,7-8H2,1H3,(H-,15,18,19,20,21)/p+1. The zero-order valence-electron chi connectivity index (χ0n) is 11.9. The van der Waals surface area contributed by atoms with Crippen LogP contribution >= 0.6 is 0 Å². The average molecular weight is 322 g/mol. The Balaban J connectivity index is 2.44. The number of carbonyl (C=O) groups excluding carboxylic acids is 1. The third-order valence-corrected chi connectivity index (χ3v) is 3.74. The van der Waals surface area contributed by atoms with Crippen molar-refractivity contribution < 1.29 is 22.4 Å². The number of aromatic nitrogens is 2. The lowest BCUT2D eigenvalue weighted by Gasteiger charge is -2.06. The molecule has 0 saturated heterocycles. The Bertz CT molecular complexity index is 776. The van der Waals surface area contributed by atoms with Crippen LogP contribution in [0.25, 0.3) is 11.1 Å². The van der Waals surface area contributed by atoms with Gasteiger partial charge >= 0.3 is 0 Å². The number of benzene rings is 1. The van der Waals surface area contributed by atoms with Crippen LogP contribution in [-0.2, 0) is 16.7 Å². The van der Waals surface area contributed by atoms with E-state index in [4.69, 9.17) is 4.55 Å². The highest BCUT2D eigenvalue weighted by Gasteiger charge is 2.19. The molecular formula is C14H16N3O4S+. The number of aryl methyl sites for hydroxylation is 1. The fraction of sp³-hybridized carbons (Fsp3) is 0.214. The van der Waals surface area contributed by atoms with E-state index in [0.717, 1.165) is 5.56 Å². The van der Waals surface area contributed by atoms with E-state index in [1.807, 2.05) is 30.3 Å². The van der Waals surface area contributed by atoms with Gasteiger partial charge in [-0.3, -0.25) is 9.35 Å². The monoisotopic (exact) mass is 322 g/mol. The van der Waals surface area contributed by atoms with Crippen LogP contribution in [0.1, 0.15) is 10.4 Å². The van der Waals surface area contributed by atoms with Crippen LogP contribution in [0, 0.1) is 0 Å². The SMILES string of the molecule is CNC(=O)c1cn[n+](CCS(=O)(=O)O)cc1-c1ccccc1. The first-order valence-electron chi connectivity index (χ1n) is 6.53. The summed E-state index contributed by atoms with van der Waals surface area (Å²) in [5.74, 6) is -0.730. The van der Waals surface area contributed by atoms with E-state index in [2.05, 4.69) is 10.4 Å². The first-order chi connectivity index (χ1) is 10.4. The number of rotatable bonds is 5. The van der Waals surface area contributed by atoms with Gasteiger partial charge in [-0.25, -0.2) is 0 Å². The number of hydrogen-bond donors (Lipinski definition) is 2. The van der Waals surface area contributed by atoms with Gasteiger partial charge in [0.15, 0.2) is 6.54 Å². The van der Waals surface area contributed by atoms with Crippen molar-refractivity contribution in [3.63, 3.8) is 0 Å². The quantitative estimate of drug-likeness (QED) is 0.608. The first kappa shape index (κ1) is 16.1. The summed E-state index contributed by atoms with van der Waals surface area (Å²) in [6, 6.07) is 9.22. The summed E-state index contributed by atoms with van der Waals surface area (Å²) < 4.78 is 31.9. The molecule has 0 fully saturated rings. The minimum absolute atomic E-state index is 0.00725. The van der Waals surface area contributed by atoms with Crippen LogP contribution in [-0.4, -0.2) is 36.8 Å². The molecule has 0 atom stereocenters. The van der Waals surface area contributed by atoms with Gasteiger partial charge in [0.1, 0.15) is 11.9 Å². The minimum atomic E-state index is -4.07. The van der Waals surface area contributed by atoms with E-state index in [0.29, 0.717) is 11.1 Å². The topological polar surface area (TPSA) is 100 Å². The lowest BCUT2D eigenvalue weighted by atomic mass is 10.0. The van der Waals surface area contributed by atoms with E-state index in [1.54, 1.807) is 6.20 Å². The van der Waals surface area contributed by atoms with Crippen molar-refractivity contribution in [2.45, 2.75) is 6.54 Å². The summed E-state index contributed by atoms with van der Waals surface area (Å²) in [5.41, 5.74) is 1.83. The first-order valence-corrected chi connectivity index (χ1v) is 8.14. The number of amides is 1. The Morgan fingerprint density at radius 2 is 2.00 bits per heavy atom. The van der Waals surface area contributed by atoms with Crippen LogP contribution in [0.3, 0.4) is 0 Å². The molecule has 0 unspecified atom stereocenters. The van der Waals surface area contributed by atoms with Crippen molar-refractivity contribution in [1.29, 1.82) is 0 Å². The maximum absolute atomic E-state index is 11.9. The van der Waals surface area contributed by atoms with Gasteiger partial charge in [0.25, 0.3) is 16.0 Å². The summed E-state index contributed by atoms with van der Waals surface area (Å²) in [6.45, 7) is -0.00725. The summed E-state index contributed by atoms with van der Waals surface area (Å²) >= 11 is 0. The van der Waals surface area contributed by atoms with E-state index in [-0.39, 0.29) is 12.5 Å². The van der Waals surface area contributed by atoms with Crippen LogP contribution in [0.15, 0.2) is 42.7 Å². The lowest BCUT2D eigenvalue weighted by Crippen LogP contribution is -2.41. The molecule has 1 aromatic carbocycles. The van der Waals surface area contributed by atoms with Crippen molar-refractivity contribution in [3.8, 4) is 11.1 Å². The smallest absolute Gasteiger partial charge is 0.271 e. The highest BCUT2D eigenvalue weighted by molar-refractivity contribution is 7.85. The van der Waals surface area contributed by atoms with Gasteiger partial charge in [-0.05, 0) is 10.7 Å². The summed E-state index contributed by atoms with van der Waals surface area (Å²) in [4.78, 5) is 11.9. The van der Waals surface area contributed by atoms with Gasteiger partial charge < -0.3 is 5.32 Å². The van der Waals surface area contributed by atoms with Gasteiger partial charge in [-0.2, -0.15) is 8.42 Å². The van der Waals surface area contributed by atoms with Gasteiger partial charge in [-0.1, -0.05) is 35.0 Å². The molecule has 2 rings (SSSR count). The van der Waals surface area contributed by atoms with E-state index in [9.17, 15) is 13.2 Å². The van der Waals surface area contributed by atoms with Crippen molar-refractivity contribution >= 4 is 16.0 Å². The molecule has 22 heavy (non-hydrogen) atoms. The highest BCUT2D eigenvalue weighted by atomic mass is 32.2. The van der Waals surface area contributed by atoms with E-state index >= 15 is 0 Å². The fourth-order valence-electron chi connectivity index (χ4n) is 1.95. The zero-order valence-corrected chi connectivity index (χ0v) is 12.7. The number of hydrogen-bond acceptors (Lipinski definition) is 4. The molecular weight excluding hydrogens is 306 g/mol. The average Bonchev–Trinajstić information content (AvgIpc) is 2.52. The van der Waals surface area contributed by atoms with Crippen LogP contribution in [0.5, 0.6) is 0 Å². The van der Waals surface area contributed by atoms with Crippen LogP contribution in [0.4, 0.5) is 0 Å². The predicted octanol–water partition coefficient (Wildman–Crippen LogP) is 0.284. The van der Waals surface area contributed by atoms with Gasteiger partial charge in [0, 0.05) is 7.05 Å². The third-order valence-electron chi connectivity index (χ3n) is 3.04. The van der Waals surface area contributed by atoms with Gasteiger partial charge in [0.05, 0.1) is 11.1 Å². The highest BCUT2D eigenvalue weighted by Crippen LogP contribution is 2.21. The van der Waals surface area contributed by atoms with Crippen molar-refractivity contribution in [1.82, 2.24) is 10.4 Å². The molecule has 0 radical (unpaired) electrons. The summed E-state index contributed by atoms with van der Waals surface area (Å²) in [7, 11) is -2.55. The van der Waals surface area contributed by atoms with E-state index in [1.165, 1.54) is 17.9 Å². The molecule has 0 aliphatic rings. The Labute approximate surface area is 128 Å². The second-order valence-corrected chi connectivity index (χ2v) is 6.17. The second-order valence-electron chi connectivity index (χ2n) is 4.60. The third kappa shape index (κ3) is 4.09. The molecule has 1 heterocycles. The molecule has 0 bridgehead atoms. The molecule has 1 amide bonds. The van der Waals surface area contributed by atoms with Gasteiger partial charge in [-0.15, -0.1) is 0 Å². The Hall–Kier alpha value is -2.32. The molecule has 7 nitrogen and oxygen atoms in total. The van der Waals surface area contributed by atoms with Gasteiger partial charge in [0.2, 0.25) is 6.20 Å². The number of nitrogens with zero attached hydrogens (tertiary/aromatic N) is 2. The molecule has 0 aliphatic heterocycles. The largest absolute Gasteiger partial charge is 0.355 e. The normalized spacial score (nSPS) is 11.2. The zero-order chi connectivity index (χ0) is 16.2. The molecule has 0 spiro atoms. The molecule has 0 aliphatic carbocycles. The molecule has 116 valence electrons. The number of carbonyl (C=O) groups is 1. The summed E-state index contributed by atoms with van der Waals surface area (Å²) in [6.07, 6.45) is 2.97. The second kappa shape index (κ2) is 6.63. The summed E-state index contributed by atoms with van der Waals surface area (Å²) in [5, 5.41) is 6.56. The van der Waals surface area contributed by atoms with Crippen molar-refractivity contribution in [3.05, 3.63) is 48.3 Å². The molecule has 8 heteroatoms. The molecule has 2 N–H and O–H groups in total. The van der Waals surface area contributed by atoms with Crippen molar-refractivity contribution in [2.24, 2.45) is 0 Å². The Morgan fingerprint density at radius 3 is 2.59 bits per heavy atom. The fourth-order valence-corrected chi connectivity index (χ4v) is 2.37. The lowest BCUT2D eigenvalue weighted by molar-refractivity contribution is -0.749. The van der Waals surface area contributed by atoms with Crippen molar-refractivity contribution in [2.75, 3.05) is 12.8 Å². The Kier molecular flexibility index (Phi) is 4.84. The maximum Gasteiger partial charge on any atom is 0.271 e.